The van der Waals surface area contributed by atoms with Crippen LogP contribution < -0.4 is 4.57 Å². The van der Waals surface area contributed by atoms with Gasteiger partial charge in [0.2, 0.25) is 5.69 Å². The lowest BCUT2D eigenvalue weighted by Gasteiger charge is -2.16. The van der Waals surface area contributed by atoms with Crippen molar-refractivity contribution in [1.82, 2.24) is 9.55 Å². The van der Waals surface area contributed by atoms with Crippen LogP contribution >= 0.6 is 0 Å². The number of aryl methyl sites for hydroxylation is 2. The van der Waals surface area contributed by atoms with Crippen LogP contribution in [0.5, 0.6) is 0 Å². The van der Waals surface area contributed by atoms with Crippen molar-refractivity contribution in [2.75, 3.05) is 0 Å². The molecule has 0 N–H and O–H groups in total. The largest absolute Gasteiger partial charge is 0.303 e. The molecule has 0 radical (unpaired) electrons. The van der Waals surface area contributed by atoms with Crippen molar-refractivity contribution in [2.45, 2.75) is 13.3 Å². The number of hydrogen-bond acceptors (Lipinski definition) is 1. The summed E-state index contributed by atoms with van der Waals surface area (Å²) in [5.41, 5.74) is 8.29. The second kappa shape index (κ2) is 6.61. The van der Waals surface area contributed by atoms with Crippen LogP contribution in [-0.4, -0.2) is 9.55 Å². The minimum Gasteiger partial charge on any atom is -0.303 e. The smallest absolute Gasteiger partial charge is 0.213 e. The van der Waals surface area contributed by atoms with Crippen LogP contribution in [0.25, 0.3) is 38.8 Å². The summed E-state index contributed by atoms with van der Waals surface area (Å²) in [6.07, 6.45) is 6.83. The maximum absolute atomic E-state index is 13.4. The van der Waals surface area contributed by atoms with Gasteiger partial charge >= 0.3 is 0 Å². The molecular weight excluding hydrogens is 385 g/mol. The van der Waals surface area contributed by atoms with Crippen LogP contribution in [0.4, 0.5) is 4.39 Å². The first-order valence-electron chi connectivity index (χ1n) is 10.4. The molecule has 150 valence electrons. The highest BCUT2D eigenvalue weighted by Crippen LogP contribution is 2.42. The molecule has 0 aliphatic carbocycles. The average Bonchev–Trinajstić information content (AvgIpc) is 3.37. The standard InChI is InChI=1S/C27H21FN3/c1-17-21-5-3-4-6-22(21)27-23(16-25-29-12-14-31(25)27)26(17)24-15-19(11-13-30(24)2)18-7-9-20(28)10-8-18/h3-15H,16H2,1-2H3/q+1. The number of halogens is 1. The monoisotopic (exact) mass is 406 g/mol. The molecular formula is C27H21FN3+. The van der Waals surface area contributed by atoms with E-state index in [-0.39, 0.29) is 5.82 Å². The van der Waals surface area contributed by atoms with Gasteiger partial charge in [0, 0.05) is 36.3 Å². The number of fused-ring (bicyclic) bond motifs is 5. The first-order chi connectivity index (χ1) is 15.1. The van der Waals surface area contributed by atoms with Gasteiger partial charge in [0.1, 0.15) is 18.7 Å². The van der Waals surface area contributed by atoms with E-state index in [9.17, 15) is 4.39 Å². The van der Waals surface area contributed by atoms with E-state index in [4.69, 9.17) is 0 Å². The molecule has 0 saturated carbocycles. The Morgan fingerprint density at radius 1 is 0.968 bits per heavy atom. The Labute approximate surface area is 180 Å². The van der Waals surface area contributed by atoms with Gasteiger partial charge in [-0.05, 0) is 46.7 Å². The highest BCUT2D eigenvalue weighted by Gasteiger charge is 2.30. The minimum atomic E-state index is -0.219. The first-order valence-corrected chi connectivity index (χ1v) is 10.4. The highest BCUT2D eigenvalue weighted by molar-refractivity contribution is 6.00. The Morgan fingerprint density at radius 2 is 1.74 bits per heavy atom. The van der Waals surface area contributed by atoms with Crippen molar-refractivity contribution >= 4 is 10.8 Å². The second-order valence-electron chi connectivity index (χ2n) is 8.18. The molecule has 1 aliphatic heterocycles. The summed E-state index contributed by atoms with van der Waals surface area (Å²) < 4.78 is 17.8. The van der Waals surface area contributed by atoms with Gasteiger partial charge in [0.05, 0.1) is 11.3 Å². The number of aromatic nitrogens is 3. The first kappa shape index (κ1) is 18.0. The topological polar surface area (TPSA) is 21.7 Å². The van der Waals surface area contributed by atoms with Crippen LogP contribution in [0, 0.1) is 12.7 Å². The van der Waals surface area contributed by atoms with E-state index < -0.39 is 0 Å². The zero-order valence-corrected chi connectivity index (χ0v) is 17.4. The molecule has 1 aliphatic rings. The van der Waals surface area contributed by atoms with Crippen molar-refractivity contribution < 1.29 is 8.96 Å². The fourth-order valence-electron chi connectivity index (χ4n) is 4.92. The third kappa shape index (κ3) is 2.65. The van der Waals surface area contributed by atoms with E-state index in [1.54, 1.807) is 0 Å². The second-order valence-corrected chi connectivity index (χ2v) is 8.18. The van der Waals surface area contributed by atoms with Crippen LogP contribution in [0.2, 0.25) is 0 Å². The predicted octanol–water partition coefficient (Wildman–Crippen LogP) is 5.54. The van der Waals surface area contributed by atoms with Gasteiger partial charge in [-0.25, -0.2) is 13.9 Å². The molecule has 5 aromatic rings. The molecule has 0 spiro atoms. The molecule has 0 fully saturated rings. The zero-order valence-electron chi connectivity index (χ0n) is 17.4. The van der Waals surface area contributed by atoms with Crippen LogP contribution in [0.15, 0.2) is 79.3 Å². The fourth-order valence-corrected chi connectivity index (χ4v) is 4.92. The number of benzene rings is 3. The van der Waals surface area contributed by atoms with Crippen LogP contribution in [0.3, 0.4) is 0 Å². The summed E-state index contributed by atoms with van der Waals surface area (Å²) >= 11 is 0. The lowest BCUT2D eigenvalue weighted by atomic mass is 9.89. The summed E-state index contributed by atoms with van der Waals surface area (Å²) in [5, 5.41) is 2.51. The molecule has 3 aromatic carbocycles. The Morgan fingerprint density at radius 3 is 2.55 bits per heavy atom. The van der Waals surface area contributed by atoms with Crippen LogP contribution in [-0.2, 0) is 13.5 Å². The van der Waals surface area contributed by atoms with E-state index in [0.29, 0.717) is 0 Å². The van der Waals surface area contributed by atoms with Gasteiger partial charge in [-0.2, -0.15) is 0 Å². The molecule has 31 heavy (non-hydrogen) atoms. The van der Waals surface area contributed by atoms with Crippen molar-refractivity contribution in [1.29, 1.82) is 0 Å². The molecule has 6 rings (SSSR count). The third-order valence-corrected chi connectivity index (χ3v) is 6.43. The summed E-state index contributed by atoms with van der Waals surface area (Å²) in [6, 6.07) is 19.6. The molecule has 0 atom stereocenters. The Hall–Kier alpha value is -3.79. The van der Waals surface area contributed by atoms with Crippen molar-refractivity contribution in [2.24, 2.45) is 7.05 Å². The number of hydrogen-bond donors (Lipinski definition) is 0. The molecule has 3 heterocycles. The van der Waals surface area contributed by atoms with Crippen LogP contribution in [0.1, 0.15) is 17.0 Å². The predicted molar refractivity (Wildman–Crippen MR) is 121 cm³/mol. The lowest BCUT2D eigenvalue weighted by Crippen LogP contribution is -2.31. The van der Waals surface area contributed by atoms with E-state index in [1.807, 2.05) is 18.3 Å². The van der Waals surface area contributed by atoms with Gasteiger partial charge in [-0.1, -0.05) is 36.4 Å². The summed E-state index contributed by atoms with van der Waals surface area (Å²) in [5.74, 6) is 0.854. The van der Waals surface area contributed by atoms with Crippen molar-refractivity contribution in [3.05, 3.63) is 102 Å². The molecule has 0 unspecified atom stereocenters. The molecule has 2 aromatic heterocycles. The molecule has 0 saturated heterocycles. The van der Waals surface area contributed by atoms with Crippen molar-refractivity contribution in [3.8, 4) is 28.1 Å². The summed E-state index contributed by atoms with van der Waals surface area (Å²) in [4.78, 5) is 4.60. The van der Waals surface area contributed by atoms with Gasteiger partial charge in [-0.15, -0.1) is 0 Å². The van der Waals surface area contributed by atoms with E-state index in [0.717, 1.165) is 29.1 Å². The normalized spacial score (nSPS) is 12.2. The summed E-state index contributed by atoms with van der Waals surface area (Å²) in [7, 11) is 2.08. The Balaban J connectivity index is 1.66. The number of pyridine rings is 1. The fraction of sp³-hybridized carbons (Fsp3) is 0.111. The SMILES string of the molecule is Cc1c(-c2cc(-c3ccc(F)cc3)cc[n+]2C)c2c(c3ccccc13)-n1ccnc1C2. The van der Waals surface area contributed by atoms with E-state index in [2.05, 4.69) is 76.9 Å². The summed E-state index contributed by atoms with van der Waals surface area (Å²) in [6.45, 7) is 2.21. The van der Waals surface area contributed by atoms with E-state index >= 15 is 0 Å². The zero-order chi connectivity index (χ0) is 21.1. The maximum atomic E-state index is 13.4. The van der Waals surface area contributed by atoms with E-state index in [1.165, 1.54) is 45.3 Å². The molecule has 4 heteroatoms. The number of imidazole rings is 1. The third-order valence-electron chi connectivity index (χ3n) is 6.43. The molecule has 0 bridgehead atoms. The van der Waals surface area contributed by atoms with Gasteiger partial charge in [-0.3, -0.25) is 0 Å². The van der Waals surface area contributed by atoms with Gasteiger partial charge in [0.15, 0.2) is 6.20 Å². The minimum absolute atomic E-state index is 0.219. The number of rotatable bonds is 2. The Kier molecular flexibility index (Phi) is 3.84. The molecule has 0 amide bonds. The average molecular weight is 406 g/mol. The maximum Gasteiger partial charge on any atom is 0.213 e. The Bertz CT molecular complexity index is 1480. The molecule has 3 nitrogen and oxygen atoms in total. The van der Waals surface area contributed by atoms with Crippen molar-refractivity contribution in [3.63, 3.8) is 0 Å². The quantitative estimate of drug-likeness (QED) is 0.346. The van der Waals surface area contributed by atoms with Gasteiger partial charge < -0.3 is 4.57 Å². The number of nitrogens with zero attached hydrogens (tertiary/aromatic N) is 3. The lowest BCUT2D eigenvalue weighted by molar-refractivity contribution is -0.660. The van der Waals surface area contributed by atoms with Gasteiger partial charge in [0.25, 0.3) is 0 Å². The highest BCUT2D eigenvalue weighted by atomic mass is 19.1.